The highest BCUT2D eigenvalue weighted by molar-refractivity contribution is 7.99. The van der Waals surface area contributed by atoms with E-state index in [1.165, 1.54) is 11.8 Å². The minimum absolute atomic E-state index is 0.0890. The molecule has 6 nitrogen and oxygen atoms in total. The van der Waals surface area contributed by atoms with Gasteiger partial charge in [0.15, 0.2) is 5.16 Å². The number of aromatic nitrogens is 3. The smallest absolute Gasteiger partial charge is 0.234 e. The molecule has 7 heteroatoms. The molecule has 1 heterocycles. The summed E-state index contributed by atoms with van der Waals surface area (Å²) in [6, 6.07) is 7.25. The largest absolute Gasteiger partial charge is 0.497 e. The molecule has 2 rings (SSSR count). The fourth-order valence-corrected chi connectivity index (χ4v) is 2.38. The highest BCUT2D eigenvalue weighted by Gasteiger charge is 2.08. The van der Waals surface area contributed by atoms with E-state index < -0.39 is 0 Å². The molecule has 0 spiro atoms. The highest BCUT2D eigenvalue weighted by Crippen LogP contribution is 2.18. The first kappa shape index (κ1) is 14.4. The second-order valence-corrected chi connectivity index (χ2v) is 4.91. The summed E-state index contributed by atoms with van der Waals surface area (Å²) in [4.78, 5) is 11.9. The number of nitrogens with zero attached hydrogens (tertiary/aromatic N) is 3. The van der Waals surface area contributed by atoms with Gasteiger partial charge in [0.2, 0.25) is 5.91 Å². The number of amides is 1. The molecule has 0 unspecified atom stereocenters. The van der Waals surface area contributed by atoms with Crippen LogP contribution in [0.5, 0.6) is 5.75 Å². The van der Waals surface area contributed by atoms with Gasteiger partial charge in [-0.15, -0.1) is 10.2 Å². The average Bonchev–Trinajstić information content (AvgIpc) is 2.93. The predicted molar refractivity (Wildman–Crippen MR) is 78.0 cm³/mol. The van der Waals surface area contributed by atoms with Crippen LogP contribution in [0.15, 0.2) is 35.7 Å². The lowest BCUT2D eigenvalue weighted by molar-refractivity contribution is -0.113. The number of nitrogens with one attached hydrogen (secondary N) is 1. The Labute approximate surface area is 121 Å². The third kappa shape index (κ3) is 3.74. The SMILES string of the molecule is CCn1cnnc1SCC(=O)Nc1cccc(OC)c1. The standard InChI is InChI=1S/C13H16N4O2S/c1-3-17-9-14-16-13(17)20-8-12(18)15-10-5-4-6-11(7-10)19-2/h4-7,9H,3,8H2,1-2H3,(H,15,18). The van der Waals surface area contributed by atoms with Gasteiger partial charge in [-0.1, -0.05) is 17.8 Å². The van der Waals surface area contributed by atoms with E-state index in [1.807, 2.05) is 29.7 Å². The Morgan fingerprint density at radius 3 is 3.10 bits per heavy atom. The molecule has 0 aliphatic heterocycles. The molecule has 0 saturated carbocycles. The average molecular weight is 292 g/mol. The summed E-state index contributed by atoms with van der Waals surface area (Å²) in [6.45, 7) is 2.79. The molecule has 1 amide bonds. The summed E-state index contributed by atoms with van der Waals surface area (Å²) < 4.78 is 7.00. The summed E-state index contributed by atoms with van der Waals surface area (Å²) >= 11 is 1.36. The van der Waals surface area contributed by atoms with Crippen LogP contribution in [0.25, 0.3) is 0 Å². The summed E-state index contributed by atoms with van der Waals surface area (Å²) in [7, 11) is 1.59. The Kier molecular flexibility index (Phi) is 5.00. The molecular weight excluding hydrogens is 276 g/mol. The number of carbonyl (C=O) groups excluding carboxylic acids is 1. The van der Waals surface area contributed by atoms with Crippen LogP contribution in [0.2, 0.25) is 0 Å². The van der Waals surface area contributed by atoms with E-state index in [2.05, 4.69) is 15.5 Å². The van der Waals surface area contributed by atoms with Crippen molar-refractivity contribution in [1.82, 2.24) is 14.8 Å². The van der Waals surface area contributed by atoms with Crippen molar-refractivity contribution >= 4 is 23.4 Å². The molecule has 1 aromatic heterocycles. The maximum absolute atomic E-state index is 11.9. The summed E-state index contributed by atoms with van der Waals surface area (Å²) in [5.74, 6) is 0.908. The topological polar surface area (TPSA) is 69.0 Å². The number of benzene rings is 1. The van der Waals surface area contributed by atoms with E-state index in [1.54, 1.807) is 19.5 Å². The molecule has 106 valence electrons. The Morgan fingerprint density at radius 2 is 2.35 bits per heavy atom. The van der Waals surface area contributed by atoms with E-state index >= 15 is 0 Å². The first-order valence-electron chi connectivity index (χ1n) is 6.17. The van der Waals surface area contributed by atoms with Crippen molar-refractivity contribution < 1.29 is 9.53 Å². The second kappa shape index (κ2) is 6.95. The Morgan fingerprint density at radius 1 is 1.50 bits per heavy atom. The molecule has 0 aliphatic carbocycles. The van der Waals surface area contributed by atoms with Gasteiger partial charge in [-0.2, -0.15) is 0 Å². The van der Waals surface area contributed by atoms with Crippen molar-refractivity contribution in [3.8, 4) is 5.75 Å². The molecule has 1 aromatic carbocycles. The van der Waals surface area contributed by atoms with Gasteiger partial charge in [0.1, 0.15) is 12.1 Å². The van der Waals surface area contributed by atoms with Crippen molar-refractivity contribution in [3.05, 3.63) is 30.6 Å². The quantitative estimate of drug-likeness (QED) is 0.825. The normalized spacial score (nSPS) is 10.3. The monoisotopic (exact) mass is 292 g/mol. The van der Waals surface area contributed by atoms with Gasteiger partial charge in [0, 0.05) is 18.3 Å². The van der Waals surface area contributed by atoms with Crippen molar-refractivity contribution in [1.29, 1.82) is 0 Å². The van der Waals surface area contributed by atoms with Crippen LogP contribution in [0.1, 0.15) is 6.92 Å². The minimum Gasteiger partial charge on any atom is -0.497 e. The maximum atomic E-state index is 11.9. The summed E-state index contributed by atoms with van der Waals surface area (Å²) in [5, 5.41) is 11.4. The van der Waals surface area contributed by atoms with Crippen LogP contribution in [0, 0.1) is 0 Å². The fraction of sp³-hybridized carbons (Fsp3) is 0.308. The van der Waals surface area contributed by atoms with Crippen LogP contribution in [0.3, 0.4) is 0 Å². The molecule has 0 atom stereocenters. The molecule has 1 N–H and O–H groups in total. The number of hydrogen-bond acceptors (Lipinski definition) is 5. The van der Waals surface area contributed by atoms with Crippen LogP contribution < -0.4 is 10.1 Å². The van der Waals surface area contributed by atoms with Gasteiger partial charge < -0.3 is 14.6 Å². The van der Waals surface area contributed by atoms with Crippen molar-refractivity contribution in [2.75, 3.05) is 18.2 Å². The van der Waals surface area contributed by atoms with Gasteiger partial charge in [-0.25, -0.2) is 0 Å². The van der Waals surface area contributed by atoms with E-state index in [4.69, 9.17) is 4.74 Å². The third-order valence-corrected chi connectivity index (χ3v) is 3.59. The van der Waals surface area contributed by atoms with Crippen molar-refractivity contribution in [2.45, 2.75) is 18.6 Å². The van der Waals surface area contributed by atoms with E-state index in [0.29, 0.717) is 11.4 Å². The molecule has 0 saturated heterocycles. The van der Waals surface area contributed by atoms with Crippen molar-refractivity contribution in [2.24, 2.45) is 0 Å². The maximum Gasteiger partial charge on any atom is 0.234 e. The number of ether oxygens (including phenoxy) is 1. The number of aryl methyl sites for hydroxylation is 1. The molecule has 0 bridgehead atoms. The molecule has 2 aromatic rings. The van der Waals surface area contributed by atoms with Gasteiger partial charge in [-0.3, -0.25) is 4.79 Å². The Bertz CT molecular complexity index is 585. The van der Waals surface area contributed by atoms with Gasteiger partial charge in [0.25, 0.3) is 0 Å². The zero-order valence-corrected chi connectivity index (χ0v) is 12.2. The van der Waals surface area contributed by atoms with Gasteiger partial charge in [-0.05, 0) is 19.1 Å². The Balaban J connectivity index is 1.89. The van der Waals surface area contributed by atoms with Crippen LogP contribution in [-0.2, 0) is 11.3 Å². The first-order valence-corrected chi connectivity index (χ1v) is 7.16. The number of rotatable bonds is 6. The van der Waals surface area contributed by atoms with Crippen LogP contribution in [-0.4, -0.2) is 33.5 Å². The van der Waals surface area contributed by atoms with Crippen LogP contribution in [0.4, 0.5) is 5.69 Å². The highest BCUT2D eigenvalue weighted by atomic mass is 32.2. The number of methoxy groups -OCH3 is 1. The summed E-state index contributed by atoms with van der Waals surface area (Å²) in [6.07, 6.45) is 1.66. The third-order valence-electron chi connectivity index (χ3n) is 2.61. The van der Waals surface area contributed by atoms with Crippen molar-refractivity contribution in [3.63, 3.8) is 0 Å². The lowest BCUT2D eigenvalue weighted by atomic mass is 10.3. The van der Waals surface area contributed by atoms with E-state index in [9.17, 15) is 4.79 Å². The number of anilines is 1. The van der Waals surface area contributed by atoms with Gasteiger partial charge in [0.05, 0.1) is 12.9 Å². The molecule has 0 fully saturated rings. The lowest BCUT2D eigenvalue weighted by Crippen LogP contribution is -2.14. The van der Waals surface area contributed by atoms with Crippen LogP contribution >= 0.6 is 11.8 Å². The zero-order valence-electron chi connectivity index (χ0n) is 11.4. The second-order valence-electron chi connectivity index (χ2n) is 3.97. The number of thioether (sulfide) groups is 1. The summed E-state index contributed by atoms with van der Waals surface area (Å²) in [5.41, 5.74) is 0.715. The van der Waals surface area contributed by atoms with E-state index in [0.717, 1.165) is 11.7 Å². The molecular formula is C13H16N4O2S. The molecule has 20 heavy (non-hydrogen) atoms. The fourth-order valence-electron chi connectivity index (χ4n) is 1.60. The number of hydrogen-bond donors (Lipinski definition) is 1. The Hall–Kier alpha value is -2.02. The number of carbonyl (C=O) groups is 1. The first-order chi connectivity index (χ1) is 9.72. The lowest BCUT2D eigenvalue weighted by Gasteiger charge is -2.07. The van der Waals surface area contributed by atoms with E-state index in [-0.39, 0.29) is 11.7 Å². The minimum atomic E-state index is -0.0890. The molecule has 0 radical (unpaired) electrons. The molecule has 0 aliphatic rings. The van der Waals surface area contributed by atoms with Gasteiger partial charge >= 0.3 is 0 Å². The predicted octanol–water partition coefficient (Wildman–Crippen LogP) is 2.04. The zero-order chi connectivity index (χ0) is 14.4.